The Morgan fingerprint density at radius 1 is 1.37 bits per heavy atom. The Hall–Kier alpha value is -1.44. The highest BCUT2D eigenvalue weighted by Crippen LogP contribution is 2.35. The van der Waals surface area contributed by atoms with E-state index in [1.54, 1.807) is 6.07 Å². The van der Waals surface area contributed by atoms with Gasteiger partial charge in [-0.1, -0.05) is 0 Å². The van der Waals surface area contributed by atoms with Crippen molar-refractivity contribution in [2.75, 3.05) is 20.6 Å². The second-order valence-electron chi connectivity index (χ2n) is 5.54. The van der Waals surface area contributed by atoms with Gasteiger partial charge >= 0.3 is 0 Å². The van der Waals surface area contributed by atoms with Crippen LogP contribution in [0.15, 0.2) is 18.2 Å². The first-order valence-electron chi connectivity index (χ1n) is 6.63. The molecule has 1 aliphatic rings. The maximum absolute atomic E-state index is 13.3. The van der Waals surface area contributed by atoms with E-state index < -0.39 is 0 Å². The first-order valence-corrected chi connectivity index (χ1v) is 6.63. The SMILES string of the molecule is CN(C)C1(CNCc2cc(F)cc(C#N)c2)CCC1. The number of nitriles is 1. The molecule has 0 heterocycles. The molecule has 1 aliphatic carbocycles. The van der Waals surface area contributed by atoms with E-state index in [-0.39, 0.29) is 11.4 Å². The number of hydrogen-bond acceptors (Lipinski definition) is 3. The van der Waals surface area contributed by atoms with Gasteiger partial charge in [-0.05, 0) is 57.1 Å². The monoisotopic (exact) mass is 261 g/mol. The minimum absolute atomic E-state index is 0.255. The van der Waals surface area contributed by atoms with Crippen LogP contribution in [0.4, 0.5) is 4.39 Å². The summed E-state index contributed by atoms with van der Waals surface area (Å²) in [7, 11) is 4.22. The molecular formula is C15H20FN3. The third-order valence-corrected chi connectivity index (χ3v) is 4.10. The van der Waals surface area contributed by atoms with Crippen molar-refractivity contribution < 1.29 is 4.39 Å². The number of benzene rings is 1. The van der Waals surface area contributed by atoms with Crippen LogP contribution in [-0.4, -0.2) is 31.1 Å². The van der Waals surface area contributed by atoms with Crippen LogP contribution in [0.2, 0.25) is 0 Å². The minimum atomic E-state index is -0.346. The fraction of sp³-hybridized carbons (Fsp3) is 0.533. The van der Waals surface area contributed by atoms with Crippen molar-refractivity contribution in [2.45, 2.75) is 31.3 Å². The highest BCUT2D eigenvalue weighted by atomic mass is 19.1. The van der Waals surface area contributed by atoms with Crippen LogP contribution in [-0.2, 0) is 6.54 Å². The molecule has 0 unspecified atom stereocenters. The average molecular weight is 261 g/mol. The maximum Gasteiger partial charge on any atom is 0.124 e. The third-order valence-electron chi connectivity index (χ3n) is 4.10. The zero-order valence-electron chi connectivity index (χ0n) is 11.5. The predicted molar refractivity (Wildman–Crippen MR) is 73.1 cm³/mol. The summed E-state index contributed by atoms with van der Waals surface area (Å²) < 4.78 is 13.3. The molecule has 1 aromatic carbocycles. The molecule has 1 aromatic rings. The Balaban J connectivity index is 1.93. The summed E-state index contributed by atoms with van der Waals surface area (Å²) in [4.78, 5) is 2.27. The smallest absolute Gasteiger partial charge is 0.124 e. The first-order chi connectivity index (χ1) is 9.05. The van der Waals surface area contributed by atoms with E-state index in [0.29, 0.717) is 12.1 Å². The molecule has 1 saturated carbocycles. The van der Waals surface area contributed by atoms with Gasteiger partial charge in [-0.25, -0.2) is 4.39 Å². The number of nitrogens with zero attached hydrogens (tertiary/aromatic N) is 2. The van der Waals surface area contributed by atoms with Gasteiger partial charge in [0.05, 0.1) is 11.6 Å². The van der Waals surface area contributed by atoms with Crippen LogP contribution < -0.4 is 5.32 Å². The van der Waals surface area contributed by atoms with Crippen molar-refractivity contribution in [1.82, 2.24) is 10.2 Å². The number of hydrogen-bond donors (Lipinski definition) is 1. The van der Waals surface area contributed by atoms with Crippen molar-refractivity contribution >= 4 is 0 Å². The summed E-state index contributed by atoms with van der Waals surface area (Å²) in [5.41, 5.74) is 1.46. The summed E-state index contributed by atoms with van der Waals surface area (Å²) in [6.07, 6.45) is 3.69. The summed E-state index contributed by atoms with van der Waals surface area (Å²) in [6.45, 7) is 1.50. The third kappa shape index (κ3) is 3.12. The van der Waals surface area contributed by atoms with E-state index in [2.05, 4.69) is 24.3 Å². The van der Waals surface area contributed by atoms with E-state index in [1.165, 1.54) is 31.4 Å². The van der Waals surface area contributed by atoms with E-state index in [1.807, 2.05) is 6.07 Å². The summed E-state index contributed by atoms with van der Waals surface area (Å²) >= 11 is 0. The zero-order chi connectivity index (χ0) is 13.9. The van der Waals surface area contributed by atoms with Gasteiger partial charge in [0, 0.05) is 18.6 Å². The zero-order valence-corrected chi connectivity index (χ0v) is 11.5. The molecular weight excluding hydrogens is 241 g/mol. The molecule has 1 fully saturated rings. The predicted octanol–water partition coefficient (Wildman–Crippen LogP) is 2.27. The second-order valence-corrected chi connectivity index (χ2v) is 5.54. The minimum Gasteiger partial charge on any atom is -0.311 e. The molecule has 19 heavy (non-hydrogen) atoms. The standard InChI is InChI=1S/C15H20FN3/c1-19(2)15(4-3-5-15)11-18-10-13-6-12(9-17)7-14(16)8-13/h6-8,18H,3-5,10-11H2,1-2H3. The van der Waals surface area contributed by atoms with Crippen molar-refractivity contribution in [1.29, 1.82) is 5.26 Å². The van der Waals surface area contributed by atoms with Gasteiger partial charge in [0.2, 0.25) is 0 Å². The van der Waals surface area contributed by atoms with Crippen LogP contribution in [0, 0.1) is 17.1 Å². The molecule has 0 amide bonds. The molecule has 0 saturated heterocycles. The van der Waals surface area contributed by atoms with Gasteiger partial charge in [-0.15, -0.1) is 0 Å². The number of halogens is 1. The van der Waals surface area contributed by atoms with Gasteiger partial charge in [-0.2, -0.15) is 5.26 Å². The van der Waals surface area contributed by atoms with Crippen LogP contribution in [0.3, 0.4) is 0 Å². The van der Waals surface area contributed by atoms with Gasteiger partial charge < -0.3 is 10.2 Å². The summed E-state index contributed by atoms with van der Waals surface area (Å²) in [5, 5.41) is 12.2. The number of rotatable bonds is 5. The Kier molecular flexibility index (Phi) is 4.18. The Labute approximate surface area is 114 Å². The van der Waals surface area contributed by atoms with Crippen molar-refractivity contribution in [3.8, 4) is 6.07 Å². The van der Waals surface area contributed by atoms with E-state index >= 15 is 0 Å². The lowest BCUT2D eigenvalue weighted by Gasteiger charge is -2.47. The van der Waals surface area contributed by atoms with Crippen molar-refractivity contribution in [3.05, 3.63) is 35.1 Å². The molecule has 3 nitrogen and oxygen atoms in total. The highest BCUT2D eigenvalue weighted by Gasteiger charge is 2.38. The van der Waals surface area contributed by atoms with E-state index in [0.717, 1.165) is 12.1 Å². The molecule has 4 heteroatoms. The van der Waals surface area contributed by atoms with Crippen LogP contribution in [0.1, 0.15) is 30.4 Å². The van der Waals surface area contributed by atoms with Crippen molar-refractivity contribution in [2.24, 2.45) is 0 Å². The molecule has 1 N–H and O–H groups in total. The fourth-order valence-corrected chi connectivity index (χ4v) is 2.62. The topological polar surface area (TPSA) is 39.1 Å². The summed E-state index contributed by atoms with van der Waals surface area (Å²) in [5.74, 6) is -0.346. The average Bonchev–Trinajstić information content (AvgIpc) is 2.31. The van der Waals surface area contributed by atoms with Crippen LogP contribution >= 0.6 is 0 Å². The molecule has 0 atom stereocenters. The maximum atomic E-state index is 13.3. The number of nitrogens with one attached hydrogen (secondary N) is 1. The highest BCUT2D eigenvalue weighted by molar-refractivity contribution is 5.33. The van der Waals surface area contributed by atoms with Crippen LogP contribution in [0.25, 0.3) is 0 Å². The molecule has 0 radical (unpaired) electrons. The Bertz CT molecular complexity index is 487. The van der Waals surface area contributed by atoms with Crippen molar-refractivity contribution in [3.63, 3.8) is 0 Å². The molecule has 0 spiro atoms. The Morgan fingerprint density at radius 2 is 2.11 bits per heavy atom. The Morgan fingerprint density at radius 3 is 2.63 bits per heavy atom. The van der Waals surface area contributed by atoms with Gasteiger partial charge in [0.1, 0.15) is 5.82 Å². The molecule has 2 rings (SSSR count). The van der Waals surface area contributed by atoms with Gasteiger partial charge in [0.25, 0.3) is 0 Å². The largest absolute Gasteiger partial charge is 0.311 e. The second kappa shape index (κ2) is 5.68. The lowest BCUT2D eigenvalue weighted by atomic mass is 9.75. The lowest BCUT2D eigenvalue weighted by Crippen LogP contribution is -2.56. The van der Waals surface area contributed by atoms with Gasteiger partial charge in [-0.3, -0.25) is 0 Å². The normalized spacial score (nSPS) is 17.0. The quantitative estimate of drug-likeness (QED) is 0.883. The first kappa shape index (κ1) is 14.0. The molecule has 0 bridgehead atoms. The number of likely N-dealkylation sites (N-methyl/N-ethyl adjacent to an activating group) is 1. The molecule has 102 valence electrons. The van der Waals surface area contributed by atoms with Crippen LogP contribution in [0.5, 0.6) is 0 Å². The molecule has 0 aliphatic heterocycles. The lowest BCUT2D eigenvalue weighted by molar-refractivity contribution is 0.0598. The van der Waals surface area contributed by atoms with E-state index in [9.17, 15) is 4.39 Å². The summed E-state index contributed by atoms with van der Waals surface area (Å²) in [6, 6.07) is 6.46. The van der Waals surface area contributed by atoms with Gasteiger partial charge in [0.15, 0.2) is 0 Å². The van der Waals surface area contributed by atoms with E-state index in [4.69, 9.17) is 5.26 Å². The molecule has 0 aromatic heterocycles. The fourth-order valence-electron chi connectivity index (χ4n) is 2.62.